The average molecular weight is 615 g/mol. The van der Waals surface area contributed by atoms with Gasteiger partial charge in [0.1, 0.15) is 37.1 Å². The van der Waals surface area contributed by atoms with Crippen molar-refractivity contribution in [1.82, 2.24) is 0 Å². The van der Waals surface area contributed by atoms with E-state index in [4.69, 9.17) is 33.2 Å². The lowest BCUT2D eigenvalue weighted by Crippen LogP contribution is -2.64. The minimum absolute atomic E-state index is 0.0720. The number of ether oxygens (including phenoxy) is 7. The van der Waals surface area contributed by atoms with Crippen molar-refractivity contribution in [2.45, 2.75) is 76.5 Å². The number of Topliss-reactive ketones (excluding diaryl/α,β-unsaturated/α-hetero) is 1. The predicted octanol–water partition coefficient (Wildman–Crippen LogP) is 6.16. The third kappa shape index (κ3) is 5.71. The van der Waals surface area contributed by atoms with Crippen LogP contribution in [0.3, 0.4) is 0 Å². The van der Waals surface area contributed by atoms with Crippen LogP contribution in [0.5, 0.6) is 5.75 Å². The first-order valence-electron chi connectivity index (χ1n) is 15.5. The summed E-state index contributed by atoms with van der Waals surface area (Å²) < 4.78 is 42.6. The second kappa shape index (κ2) is 12.5. The zero-order valence-electron chi connectivity index (χ0n) is 26.9. The number of hydrogen-bond acceptors (Lipinski definition) is 8. The minimum Gasteiger partial charge on any atom is -0.497 e. The summed E-state index contributed by atoms with van der Waals surface area (Å²) >= 11 is 0. The summed E-state index contributed by atoms with van der Waals surface area (Å²) in [5.41, 5.74) is -0.621. The number of benzene rings is 1. The standard InChI is InChI=1S/C34H50O8Si/c1-9-27-34(41-22-38-18-19-43(6,7)8,20-39-31(42-27)23-10-12-24(37-5)13-11-23)25-14-16-33-17-15-26(32(33,2)3)30(40-21-36-4)29(35)28(25)33/h9-14,16,25-28,30-31H,1,15,17-22H2,2-8H3/t25-,26+,27-,28+,30+,31-,33-,34-/m1/s1. The zero-order chi connectivity index (χ0) is 31.0. The van der Waals surface area contributed by atoms with Crippen LogP contribution in [0.25, 0.3) is 0 Å². The van der Waals surface area contributed by atoms with E-state index in [0.29, 0.717) is 6.61 Å². The lowest BCUT2D eigenvalue weighted by atomic mass is 9.51. The molecule has 1 aromatic carbocycles. The summed E-state index contributed by atoms with van der Waals surface area (Å²) in [6.07, 6.45) is 6.38. The lowest BCUT2D eigenvalue weighted by molar-refractivity contribution is -0.321. The summed E-state index contributed by atoms with van der Waals surface area (Å²) in [5.74, 6) is 0.291. The Morgan fingerprint density at radius 1 is 1.12 bits per heavy atom. The van der Waals surface area contributed by atoms with Crippen LogP contribution in [-0.2, 0) is 33.2 Å². The van der Waals surface area contributed by atoms with Crippen molar-refractivity contribution in [3.8, 4) is 5.75 Å². The summed E-state index contributed by atoms with van der Waals surface area (Å²) in [4.78, 5) is 14.5. The van der Waals surface area contributed by atoms with Crippen LogP contribution in [0.4, 0.5) is 0 Å². The molecule has 4 aliphatic rings. The number of hydrogen-bond donors (Lipinski definition) is 0. The first kappa shape index (κ1) is 32.5. The van der Waals surface area contributed by atoms with Gasteiger partial charge in [0.25, 0.3) is 0 Å². The molecule has 8 atom stereocenters. The Bertz CT molecular complexity index is 1180. The molecule has 2 bridgehead atoms. The number of ketones is 1. The Balaban J connectivity index is 1.47. The fraction of sp³-hybridized carbons (Fsp3) is 0.676. The van der Waals surface area contributed by atoms with Gasteiger partial charge in [-0.3, -0.25) is 4.79 Å². The fourth-order valence-electron chi connectivity index (χ4n) is 8.07. The maximum absolute atomic E-state index is 14.5. The highest BCUT2D eigenvalue weighted by molar-refractivity contribution is 6.76. The Labute approximate surface area is 258 Å². The predicted molar refractivity (Wildman–Crippen MR) is 166 cm³/mol. The van der Waals surface area contributed by atoms with E-state index in [0.717, 1.165) is 30.2 Å². The highest BCUT2D eigenvalue weighted by Gasteiger charge is 2.72. The van der Waals surface area contributed by atoms with Crippen molar-refractivity contribution >= 4 is 13.9 Å². The molecule has 1 heterocycles. The molecule has 0 radical (unpaired) electrons. The quantitative estimate of drug-likeness (QED) is 0.113. The molecular weight excluding hydrogens is 564 g/mol. The van der Waals surface area contributed by atoms with Crippen molar-refractivity contribution in [1.29, 1.82) is 0 Å². The molecule has 3 fully saturated rings. The van der Waals surface area contributed by atoms with Crippen LogP contribution in [0.15, 0.2) is 49.1 Å². The van der Waals surface area contributed by atoms with Gasteiger partial charge in [-0.05, 0) is 42.4 Å². The molecule has 0 unspecified atom stereocenters. The molecule has 5 rings (SSSR count). The summed E-state index contributed by atoms with van der Waals surface area (Å²) in [7, 11) is 1.95. The van der Waals surface area contributed by atoms with Gasteiger partial charge in [-0.1, -0.05) is 63.8 Å². The zero-order valence-corrected chi connectivity index (χ0v) is 27.9. The first-order valence-corrected chi connectivity index (χ1v) is 19.2. The number of carbonyl (C=O) groups is 1. The number of rotatable bonds is 13. The molecule has 1 saturated heterocycles. The van der Waals surface area contributed by atoms with E-state index >= 15 is 0 Å². The van der Waals surface area contributed by atoms with E-state index in [1.807, 2.05) is 24.3 Å². The molecule has 1 aromatic rings. The van der Waals surface area contributed by atoms with E-state index < -0.39 is 32.2 Å². The Kier molecular flexibility index (Phi) is 9.46. The third-order valence-electron chi connectivity index (χ3n) is 10.6. The van der Waals surface area contributed by atoms with E-state index in [1.54, 1.807) is 20.3 Å². The molecule has 8 nitrogen and oxygen atoms in total. The number of fused-ring (bicyclic) bond motifs is 1. The van der Waals surface area contributed by atoms with Crippen molar-refractivity contribution in [3.63, 3.8) is 0 Å². The monoisotopic (exact) mass is 614 g/mol. The highest BCUT2D eigenvalue weighted by atomic mass is 28.3. The Morgan fingerprint density at radius 3 is 2.51 bits per heavy atom. The molecule has 3 aliphatic carbocycles. The van der Waals surface area contributed by atoms with Crippen LogP contribution in [-0.4, -0.2) is 72.7 Å². The second-order valence-electron chi connectivity index (χ2n) is 14.3. The molecule has 0 amide bonds. The van der Waals surface area contributed by atoms with Crippen LogP contribution in [0.1, 0.15) is 38.5 Å². The van der Waals surface area contributed by atoms with Gasteiger partial charge >= 0.3 is 0 Å². The van der Waals surface area contributed by atoms with Crippen molar-refractivity contribution < 1.29 is 38.0 Å². The minimum atomic E-state index is -1.28. The van der Waals surface area contributed by atoms with Gasteiger partial charge in [-0.15, -0.1) is 6.58 Å². The largest absolute Gasteiger partial charge is 0.497 e. The van der Waals surface area contributed by atoms with Crippen LogP contribution in [0, 0.1) is 28.6 Å². The van der Waals surface area contributed by atoms with Crippen LogP contribution < -0.4 is 4.74 Å². The second-order valence-corrected chi connectivity index (χ2v) is 19.9. The molecular formula is C34H50O8Si. The van der Waals surface area contributed by atoms with Gasteiger partial charge in [0.15, 0.2) is 12.1 Å². The lowest BCUT2D eigenvalue weighted by Gasteiger charge is -2.55. The normalized spacial score (nSPS) is 36.5. The van der Waals surface area contributed by atoms with Gasteiger partial charge in [0, 0.05) is 44.6 Å². The van der Waals surface area contributed by atoms with Gasteiger partial charge in [-0.2, -0.15) is 0 Å². The first-order chi connectivity index (χ1) is 20.4. The summed E-state index contributed by atoms with van der Waals surface area (Å²) in [6, 6.07) is 8.68. The van der Waals surface area contributed by atoms with Gasteiger partial charge < -0.3 is 33.2 Å². The number of allylic oxidation sites excluding steroid dienone is 1. The Morgan fingerprint density at radius 2 is 1.86 bits per heavy atom. The summed E-state index contributed by atoms with van der Waals surface area (Å²) in [5, 5.41) is 0. The topological polar surface area (TPSA) is 81.7 Å². The SMILES string of the molecule is C=C[C@H]1O[C@H](c2ccc(OC)cc2)OC[C@@]1(OCOCC[Si](C)(C)C)[C@@H]1C=C[C@@]23CC[C@@H]([C@H](OCOC)C(=O)[C@H]12)C3(C)C. The van der Waals surface area contributed by atoms with Crippen LogP contribution in [0.2, 0.25) is 25.7 Å². The number of methoxy groups -OCH3 is 2. The van der Waals surface area contributed by atoms with E-state index in [1.165, 1.54) is 0 Å². The van der Waals surface area contributed by atoms with Crippen LogP contribution >= 0.6 is 0 Å². The molecule has 2 saturated carbocycles. The molecule has 43 heavy (non-hydrogen) atoms. The maximum atomic E-state index is 14.5. The van der Waals surface area contributed by atoms with E-state index in [9.17, 15) is 4.79 Å². The molecule has 238 valence electrons. The Hall–Kier alpha value is -1.85. The molecule has 0 aromatic heterocycles. The number of carbonyl (C=O) groups excluding carboxylic acids is 1. The molecule has 1 aliphatic heterocycles. The van der Waals surface area contributed by atoms with Gasteiger partial charge in [-0.25, -0.2) is 0 Å². The van der Waals surface area contributed by atoms with Crippen molar-refractivity contribution in [3.05, 3.63) is 54.6 Å². The summed E-state index contributed by atoms with van der Waals surface area (Å²) in [6.45, 7) is 16.7. The molecule has 0 N–H and O–H groups in total. The smallest absolute Gasteiger partial charge is 0.184 e. The van der Waals surface area contributed by atoms with Gasteiger partial charge in [0.2, 0.25) is 0 Å². The fourth-order valence-corrected chi connectivity index (χ4v) is 8.83. The molecule has 9 heteroatoms. The highest BCUT2D eigenvalue weighted by Crippen LogP contribution is 2.70. The van der Waals surface area contributed by atoms with E-state index in [-0.39, 0.29) is 54.6 Å². The van der Waals surface area contributed by atoms with Crippen molar-refractivity contribution in [2.24, 2.45) is 28.6 Å². The third-order valence-corrected chi connectivity index (χ3v) is 12.3. The van der Waals surface area contributed by atoms with E-state index in [2.05, 4.69) is 52.2 Å². The molecule has 1 spiro atoms. The van der Waals surface area contributed by atoms with Crippen molar-refractivity contribution in [2.75, 3.05) is 41.0 Å². The maximum Gasteiger partial charge on any atom is 0.184 e. The average Bonchev–Trinajstić information content (AvgIpc) is 3.46. The van der Waals surface area contributed by atoms with Gasteiger partial charge in [0.05, 0.1) is 13.7 Å².